The van der Waals surface area contributed by atoms with E-state index in [1.54, 1.807) is 16.7 Å². The second-order valence-corrected chi connectivity index (χ2v) is 22.7. The Kier molecular flexibility index (Phi) is 13.8. The Hall–Kier alpha value is -2.83. The molecule has 3 aliphatic rings. The number of nitrogens with zero attached hydrogens (tertiary/aromatic N) is 1. The summed E-state index contributed by atoms with van der Waals surface area (Å²) in [5.41, 5.74) is 2.07. The van der Waals surface area contributed by atoms with Crippen LogP contribution in [0.2, 0.25) is 19.6 Å². The van der Waals surface area contributed by atoms with E-state index in [2.05, 4.69) is 19.2 Å². The minimum absolute atomic E-state index is 0.189. The molecule has 5 atom stereocenters. The Morgan fingerprint density at radius 1 is 1.02 bits per heavy atom. The number of benzene rings is 2. The minimum Gasteiger partial charge on any atom is -0.518 e. The minimum atomic E-state index is -2.05. The highest BCUT2D eigenvalue weighted by Gasteiger charge is 2.64. The van der Waals surface area contributed by atoms with Crippen LogP contribution < -0.4 is 14.8 Å². The molecule has 2 fully saturated rings. The fourth-order valence-corrected chi connectivity index (χ4v) is 9.81. The first kappa shape index (κ1) is 39.0. The lowest BCUT2D eigenvalue weighted by Gasteiger charge is -2.44. The first-order valence-corrected chi connectivity index (χ1v) is 23.2. The van der Waals surface area contributed by atoms with Crippen molar-refractivity contribution in [2.24, 2.45) is 0 Å². The zero-order valence-corrected chi connectivity index (χ0v) is 32.8. The number of hydrogen-bond acceptors (Lipinski definition) is 8. The topological polar surface area (TPSA) is 111 Å². The van der Waals surface area contributed by atoms with E-state index in [1.165, 1.54) is 37.7 Å². The van der Waals surface area contributed by atoms with Crippen molar-refractivity contribution < 1.29 is 32.5 Å². The predicted molar refractivity (Wildman–Crippen MR) is 200 cm³/mol. The molecule has 0 radical (unpaired) electrons. The molecular formula is C37H54N2O7S2Si. The Bertz CT molecular complexity index is 1470. The van der Waals surface area contributed by atoms with Crippen LogP contribution in [0.1, 0.15) is 77.3 Å². The van der Waals surface area contributed by atoms with Crippen LogP contribution >= 0.6 is 11.8 Å². The van der Waals surface area contributed by atoms with Gasteiger partial charge in [-0.05, 0) is 69.6 Å². The first-order chi connectivity index (χ1) is 23.2. The number of nitrogens with one attached hydrogen (secondary N) is 1. The molecule has 3 aliphatic heterocycles. The second kappa shape index (κ2) is 17.4. The number of amides is 2. The number of carbonyl (C=O) groups is 3. The lowest BCUT2D eigenvalue weighted by Crippen LogP contribution is -2.71. The maximum atomic E-state index is 12.7. The van der Waals surface area contributed by atoms with Crippen LogP contribution in [0.4, 0.5) is 0 Å². The van der Waals surface area contributed by atoms with Crippen LogP contribution in [0.3, 0.4) is 0 Å². The molecule has 2 amide bonds. The van der Waals surface area contributed by atoms with Crippen molar-refractivity contribution in [3.8, 4) is 11.5 Å². The van der Waals surface area contributed by atoms with Gasteiger partial charge in [0, 0.05) is 26.5 Å². The van der Waals surface area contributed by atoms with E-state index in [4.69, 9.17) is 13.9 Å². The van der Waals surface area contributed by atoms with Gasteiger partial charge in [-0.3, -0.25) is 18.6 Å². The van der Waals surface area contributed by atoms with E-state index in [0.29, 0.717) is 6.79 Å². The number of hydrogen-bond donors (Lipinski definition) is 1. The number of rotatable bonds is 15. The summed E-state index contributed by atoms with van der Waals surface area (Å²) >= 11 is 1.55. The predicted octanol–water partition coefficient (Wildman–Crippen LogP) is 6.61. The maximum absolute atomic E-state index is 12.7. The van der Waals surface area contributed by atoms with Gasteiger partial charge in [0.2, 0.25) is 26.9 Å². The summed E-state index contributed by atoms with van der Waals surface area (Å²) in [6.45, 7) is 14.3. The van der Waals surface area contributed by atoms with Crippen molar-refractivity contribution in [2.45, 2.75) is 126 Å². The summed E-state index contributed by atoms with van der Waals surface area (Å²) in [7, 11) is -2.80. The summed E-state index contributed by atoms with van der Waals surface area (Å²) < 4.78 is 28.2. The molecule has 0 aliphatic carbocycles. The zero-order valence-electron chi connectivity index (χ0n) is 30.1. The highest BCUT2D eigenvalue weighted by Crippen LogP contribution is 2.51. The first-order valence-electron chi connectivity index (χ1n) is 17.5. The average Bonchev–Trinajstić information content (AvgIpc) is 3.61. The lowest BCUT2D eigenvalue weighted by molar-refractivity contribution is -0.160. The maximum Gasteiger partial charge on any atom is 0.317 e. The number of thioether (sulfide) groups is 1. The van der Waals surface area contributed by atoms with Crippen LogP contribution in [-0.4, -0.2) is 75.2 Å². The van der Waals surface area contributed by atoms with Crippen LogP contribution in [-0.2, 0) is 42.5 Å². The largest absolute Gasteiger partial charge is 0.518 e. The van der Waals surface area contributed by atoms with Gasteiger partial charge in [0.05, 0.1) is 6.42 Å². The van der Waals surface area contributed by atoms with Gasteiger partial charge < -0.3 is 24.1 Å². The molecule has 5 rings (SSSR count). The summed E-state index contributed by atoms with van der Waals surface area (Å²) in [5, 5.41) is 2.80. The average molecular weight is 731 g/mol. The van der Waals surface area contributed by atoms with Gasteiger partial charge in [0.15, 0.2) is 11.5 Å². The highest BCUT2D eigenvalue weighted by molar-refractivity contribution is 8.01. The molecule has 12 heteroatoms. The summed E-state index contributed by atoms with van der Waals surface area (Å²) in [4.78, 5) is 39.3. The highest BCUT2D eigenvalue weighted by atomic mass is 32.2. The number of ether oxygens (including phenoxy) is 2. The van der Waals surface area contributed by atoms with E-state index in [9.17, 15) is 18.6 Å². The molecular weight excluding hydrogens is 677 g/mol. The third kappa shape index (κ3) is 10.8. The SMILES string of the molecule is CC1(C)S[C@@H]2C(NC(=O)Cc3ccccc3)C(=O)N2[C@H]1C(=O)O[Si](C)(C)C.CCCCCCCCS(=O)C(C)Cc1ccc2c(c1)OCO2. The van der Waals surface area contributed by atoms with E-state index >= 15 is 0 Å². The smallest absolute Gasteiger partial charge is 0.317 e. The van der Waals surface area contributed by atoms with Gasteiger partial charge in [-0.15, -0.1) is 11.8 Å². The van der Waals surface area contributed by atoms with Crippen molar-refractivity contribution in [1.82, 2.24) is 10.2 Å². The van der Waals surface area contributed by atoms with Crippen molar-refractivity contribution in [3.05, 3.63) is 59.7 Å². The van der Waals surface area contributed by atoms with Gasteiger partial charge >= 0.3 is 5.97 Å². The molecule has 0 saturated carbocycles. The van der Waals surface area contributed by atoms with Crippen molar-refractivity contribution in [2.75, 3.05) is 12.5 Å². The van der Waals surface area contributed by atoms with E-state index in [0.717, 1.165) is 35.7 Å². The van der Waals surface area contributed by atoms with Crippen molar-refractivity contribution in [3.63, 3.8) is 0 Å². The Morgan fingerprint density at radius 2 is 1.69 bits per heavy atom. The molecule has 3 heterocycles. The molecule has 9 nitrogen and oxygen atoms in total. The standard InChI is InChI=1S/C19H26N2O4SSi.C18H28O3S/c1-19(2)15(18(24)25-27(3,4)5)21-16(23)14(17(21)26-19)20-13(22)11-12-9-7-6-8-10-12;1-3-4-5-6-7-8-11-22(19)15(2)12-16-9-10-17-18(13-16)21-14-20-17/h6-10,14-15,17H,11H2,1-5H3,(H,20,22);9-10,13,15H,3-8,11-12,14H2,1-2H3/t14?,15-,17+;/m0./s1. The number of β-lactam (4-membered cyclic amide) rings is 1. The normalized spacial score (nSPS) is 21.5. The Labute approximate surface area is 300 Å². The van der Waals surface area contributed by atoms with E-state index < -0.39 is 35.9 Å². The Morgan fingerprint density at radius 3 is 2.39 bits per heavy atom. The summed E-state index contributed by atoms with van der Waals surface area (Å²) in [6.07, 6.45) is 8.55. The molecule has 49 heavy (non-hydrogen) atoms. The molecule has 3 unspecified atom stereocenters. The lowest BCUT2D eigenvalue weighted by atomic mass is 9.96. The summed E-state index contributed by atoms with van der Waals surface area (Å²) in [5.74, 6) is 1.72. The van der Waals surface area contributed by atoms with Crippen LogP contribution in [0, 0.1) is 0 Å². The monoisotopic (exact) mass is 730 g/mol. The van der Waals surface area contributed by atoms with Gasteiger partial charge in [-0.25, -0.2) is 0 Å². The number of carbonyl (C=O) groups excluding carboxylic acids is 3. The van der Waals surface area contributed by atoms with Gasteiger partial charge in [0.25, 0.3) is 0 Å². The van der Waals surface area contributed by atoms with Crippen LogP contribution in [0.25, 0.3) is 0 Å². The second-order valence-electron chi connectivity index (χ2n) is 14.6. The Balaban J connectivity index is 0.000000226. The van der Waals surface area contributed by atoms with Gasteiger partial charge in [0.1, 0.15) is 17.5 Å². The molecule has 270 valence electrons. The molecule has 2 aromatic carbocycles. The molecule has 2 aromatic rings. The van der Waals surface area contributed by atoms with E-state index in [1.807, 2.05) is 82.0 Å². The zero-order chi connectivity index (χ0) is 35.8. The van der Waals surface area contributed by atoms with Gasteiger partial charge in [-0.2, -0.15) is 0 Å². The number of unbranched alkanes of at least 4 members (excludes halogenated alkanes) is 5. The van der Waals surface area contributed by atoms with Crippen LogP contribution in [0.15, 0.2) is 48.5 Å². The van der Waals surface area contributed by atoms with Crippen LogP contribution in [0.5, 0.6) is 11.5 Å². The molecule has 0 aromatic heterocycles. The molecule has 2 saturated heterocycles. The van der Waals surface area contributed by atoms with Crippen molar-refractivity contribution in [1.29, 1.82) is 0 Å². The van der Waals surface area contributed by atoms with Gasteiger partial charge in [-0.1, -0.05) is 82.3 Å². The third-order valence-corrected chi connectivity index (χ3v) is 12.8. The molecule has 0 bridgehead atoms. The third-order valence-electron chi connectivity index (χ3n) is 8.70. The molecule has 0 spiro atoms. The fraction of sp³-hybridized carbons (Fsp3) is 0.595. The van der Waals surface area contributed by atoms with E-state index in [-0.39, 0.29) is 34.8 Å². The summed E-state index contributed by atoms with van der Waals surface area (Å²) in [6, 6.07) is 14.2. The molecule has 1 N–H and O–H groups in total. The quantitative estimate of drug-likeness (QED) is 0.124. The number of fused-ring (bicyclic) bond motifs is 2. The fourth-order valence-electron chi connectivity index (χ4n) is 6.21. The van der Waals surface area contributed by atoms with Crippen molar-refractivity contribution >= 4 is 48.7 Å².